The van der Waals surface area contributed by atoms with E-state index in [0.29, 0.717) is 12.8 Å². The van der Waals surface area contributed by atoms with Crippen molar-refractivity contribution in [2.45, 2.75) is 187 Å². The Kier molecular flexibility index (Phi) is 48.6. The van der Waals surface area contributed by atoms with Crippen molar-refractivity contribution in [3.05, 3.63) is 134 Å². The molecule has 0 bridgehead atoms. The minimum atomic E-state index is -4.41. The molecule has 0 aliphatic rings. The van der Waals surface area contributed by atoms with Crippen LogP contribution in [0.3, 0.4) is 0 Å². The molecule has 0 aromatic rings. The minimum Gasteiger partial charge on any atom is -0.461 e. The van der Waals surface area contributed by atoms with Gasteiger partial charge in [0.25, 0.3) is 0 Å². The number of esters is 2. The molecule has 0 aromatic carbocycles. The van der Waals surface area contributed by atoms with E-state index < -0.39 is 32.5 Å². The van der Waals surface area contributed by atoms with Gasteiger partial charge in [0.15, 0.2) is 6.10 Å². The van der Waals surface area contributed by atoms with Gasteiger partial charge in [0, 0.05) is 13.0 Å². The number of allylic oxidation sites excluding steroid dienone is 21. The first kappa shape index (κ1) is 63.1. The molecule has 0 saturated heterocycles. The van der Waals surface area contributed by atoms with Gasteiger partial charge < -0.3 is 20.1 Å². The van der Waals surface area contributed by atoms with Gasteiger partial charge in [0.2, 0.25) is 0 Å². The second-order valence-electron chi connectivity index (χ2n) is 16.3. The van der Waals surface area contributed by atoms with E-state index in [1.807, 2.05) is 12.2 Å². The van der Waals surface area contributed by atoms with Crippen LogP contribution in [0.1, 0.15) is 181 Å². The van der Waals surface area contributed by atoms with Crippen molar-refractivity contribution in [3.8, 4) is 0 Å². The lowest BCUT2D eigenvalue weighted by atomic mass is 10.0. The number of hydrogen-bond donors (Lipinski definition) is 2. The Morgan fingerprint density at radius 2 is 0.821 bits per heavy atom. The Hall–Kier alpha value is -3.85. The van der Waals surface area contributed by atoms with Crippen LogP contribution in [0.5, 0.6) is 0 Å². The van der Waals surface area contributed by atoms with Crippen molar-refractivity contribution >= 4 is 19.8 Å². The molecule has 0 spiro atoms. The van der Waals surface area contributed by atoms with E-state index in [9.17, 15) is 19.0 Å². The first-order chi connectivity index (χ1) is 32.8. The van der Waals surface area contributed by atoms with Crippen LogP contribution in [0.15, 0.2) is 134 Å². The molecular weight excluding hydrogens is 858 g/mol. The van der Waals surface area contributed by atoms with Crippen LogP contribution in [0.4, 0.5) is 0 Å². The lowest BCUT2D eigenvalue weighted by molar-refractivity contribution is -0.160. The maximum absolute atomic E-state index is 12.6. The van der Waals surface area contributed by atoms with Crippen LogP contribution in [-0.4, -0.2) is 49.3 Å². The monoisotopic (exact) mass is 950 g/mol. The average Bonchev–Trinajstić information content (AvgIpc) is 3.32. The number of phosphoric acid groups is 1. The van der Waals surface area contributed by atoms with Crippen molar-refractivity contribution in [2.24, 2.45) is 5.73 Å². The van der Waals surface area contributed by atoms with Gasteiger partial charge in [-0.2, -0.15) is 0 Å². The molecule has 67 heavy (non-hydrogen) atoms. The van der Waals surface area contributed by atoms with Gasteiger partial charge in [0.1, 0.15) is 6.61 Å². The van der Waals surface area contributed by atoms with Crippen molar-refractivity contribution < 1.29 is 37.6 Å². The molecule has 2 atom stereocenters. The van der Waals surface area contributed by atoms with Gasteiger partial charge in [-0.15, -0.1) is 0 Å². The lowest BCUT2D eigenvalue weighted by Gasteiger charge is -2.19. The van der Waals surface area contributed by atoms with Gasteiger partial charge in [-0.05, 0) is 89.9 Å². The largest absolute Gasteiger partial charge is 0.472 e. The topological polar surface area (TPSA) is 134 Å². The summed E-state index contributed by atoms with van der Waals surface area (Å²) in [5, 5.41) is 0. The van der Waals surface area contributed by atoms with E-state index >= 15 is 0 Å². The highest BCUT2D eigenvalue weighted by atomic mass is 31.2. The first-order valence-corrected chi connectivity index (χ1v) is 27.2. The second-order valence-corrected chi connectivity index (χ2v) is 17.7. The Labute approximate surface area is 408 Å². The molecule has 10 heteroatoms. The van der Waals surface area contributed by atoms with Crippen molar-refractivity contribution in [2.75, 3.05) is 26.4 Å². The van der Waals surface area contributed by atoms with Crippen molar-refractivity contribution in [3.63, 3.8) is 0 Å². The quantitative estimate of drug-likeness (QED) is 0.0265. The number of rotatable bonds is 46. The summed E-state index contributed by atoms with van der Waals surface area (Å²) in [4.78, 5) is 34.9. The van der Waals surface area contributed by atoms with E-state index in [1.54, 1.807) is 6.08 Å². The van der Waals surface area contributed by atoms with E-state index in [4.69, 9.17) is 24.3 Å². The first-order valence-electron chi connectivity index (χ1n) is 25.7. The van der Waals surface area contributed by atoms with Crippen LogP contribution in [0.25, 0.3) is 0 Å². The summed E-state index contributed by atoms with van der Waals surface area (Å²) >= 11 is 0. The van der Waals surface area contributed by atoms with Crippen LogP contribution in [0.2, 0.25) is 0 Å². The highest BCUT2D eigenvalue weighted by Crippen LogP contribution is 2.43. The summed E-state index contributed by atoms with van der Waals surface area (Å²) in [7, 11) is -4.41. The predicted octanol–water partition coefficient (Wildman–Crippen LogP) is 15.8. The molecule has 0 saturated carbocycles. The summed E-state index contributed by atoms with van der Waals surface area (Å²) in [6.07, 6.45) is 72.4. The van der Waals surface area contributed by atoms with Crippen molar-refractivity contribution in [1.29, 1.82) is 0 Å². The van der Waals surface area contributed by atoms with Crippen LogP contribution < -0.4 is 5.73 Å². The lowest BCUT2D eigenvalue weighted by Crippen LogP contribution is -2.29. The van der Waals surface area contributed by atoms with Gasteiger partial charge in [0.05, 0.1) is 19.6 Å². The van der Waals surface area contributed by atoms with Gasteiger partial charge >= 0.3 is 19.8 Å². The van der Waals surface area contributed by atoms with Crippen molar-refractivity contribution in [1.82, 2.24) is 0 Å². The maximum Gasteiger partial charge on any atom is 0.472 e. The number of phosphoric ester groups is 1. The number of nitrogens with two attached hydrogens (primary N) is 1. The maximum atomic E-state index is 12.6. The number of hydrogen-bond acceptors (Lipinski definition) is 8. The van der Waals surface area contributed by atoms with Crippen LogP contribution in [0, 0.1) is 0 Å². The standard InChI is InChI=1S/C57H92NO8P/c1-3-5-7-9-11-13-15-17-19-20-21-22-23-24-25-26-27-28-29-30-31-32-33-34-36-38-40-42-44-46-48-50-57(60)66-55(54-65-67(61,62)64-52-51-58)53-63-56(59)49-47-45-43-41-39-37-35-18-16-14-12-10-8-6-4-2/h5-8,11-14,17-19,21-22,24-25,27-28,35,39,41,45,47,55H,3-4,9-10,15-16,20,23,26,29-34,36-38,40,42-44,46,48-54,58H2,1-2H3,(H,61,62)/b7-5-,8-6-,13-11-,14-12-,19-17-,22-21-,25-24-,28-27-,35-18-,41-39-,47-45-. The van der Waals surface area contributed by atoms with E-state index in [0.717, 1.165) is 89.9 Å². The Bertz CT molecular complexity index is 1550. The SMILES string of the molecule is CC/C=C\C/C=C\C/C=C\C/C=C\C/C=C\C/C=C\CCCCCCCCCCCCCCC(=O)OC(COC(=O)C/C=C\C/C=C\C/C=C\C/C=C\C/C=C\CC)COP(=O)(O)OCCN. The van der Waals surface area contributed by atoms with Crippen LogP contribution >= 0.6 is 7.82 Å². The van der Waals surface area contributed by atoms with Crippen LogP contribution in [-0.2, 0) is 32.7 Å². The van der Waals surface area contributed by atoms with Gasteiger partial charge in [-0.1, -0.05) is 212 Å². The Morgan fingerprint density at radius 3 is 1.22 bits per heavy atom. The summed E-state index contributed by atoms with van der Waals surface area (Å²) in [6.45, 7) is 3.37. The second kappa shape index (κ2) is 51.5. The fourth-order valence-electron chi connectivity index (χ4n) is 6.36. The third kappa shape index (κ3) is 51.4. The third-order valence-electron chi connectivity index (χ3n) is 10.1. The summed E-state index contributed by atoms with van der Waals surface area (Å²) in [5.41, 5.74) is 5.36. The Balaban J connectivity index is 4.09. The highest BCUT2D eigenvalue weighted by Gasteiger charge is 2.25. The Morgan fingerprint density at radius 1 is 0.463 bits per heavy atom. The summed E-state index contributed by atoms with van der Waals surface area (Å²) < 4.78 is 32.8. The molecule has 0 radical (unpaired) electrons. The van der Waals surface area contributed by atoms with Gasteiger partial charge in [-0.25, -0.2) is 4.57 Å². The molecule has 9 nitrogen and oxygen atoms in total. The average molecular weight is 950 g/mol. The van der Waals surface area contributed by atoms with E-state index in [1.165, 1.54) is 51.4 Å². The molecule has 378 valence electrons. The molecule has 0 aliphatic heterocycles. The molecule has 0 fully saturated rings. The fourth-order valence-corrected chi connectivity index (χ4v) is 7.12. The number of carbonyl (C=O) groups excluding carboxylic acids is 2. The smallest absolute Gasteiger partial charge is 0.461 e. The molecule has 2 unspecified atom stereocenters. The molecule has 0 rings (SSSR count). The molecule has 0 aliphatic carbocycles. The van der Waals surface area contributed by atoms with E-state index in [-0.39, 0.29) is 32.6 Å². The number of ether oxygens (including phenoxy) is 2. The number of unbranched alkanes of at least 4 members (excludes halogenated alkanes) is 12. The zero-order valence-electron chi connectivity index (χ0n) is 41.8. The summed E-state index contributed by atoms with van der Waals surface area (Å²) in [6, 6.07) is 0. The predicted molar refractivity (Wildman–Crippen MR) is 284 cm³/mol. The molecule has 0 amide bonds. The molecule has 0 aromatic heterocycles. The molecule has 0 heterocycles. The molecule has 3 N–H and O–H groups in total. The normalized spacial score (nSPS) is 14.3. The third-order valence-corrected chi connectivity index (χ3v) is 11.0. The zero-order valence-corrected chi connectivity index (χ0v) is 42.7. The minimum absolute atomic E-state index is 0.0348. The fraction of sp³-hybridized carbons (Fsp3) is 0.579. The van der Waals surface area contributed by atoms with Gasteiger partial charge in [-0.3, -0.25) is 18.6 Å². The molecular formula is C57H92NO8P. The summed E-state index contributed by atoms with van der Waals surface area (Å²) in [5.74, 6) is -0.989. The zero-order chi connectivity index (χ0) is 48.8. The highest BCUT2D eigenvalue weighted by molar-refractivity contribution is 7.47. The number of carbonyl (C=O) groups is 2. The van der Waals surface area contributed by atoms with E-state index in [2.05, 4.69) is 129 Å².